The Hall–Kier alpha value is -12.5. The van der Waals surface area contributed by atoms with Crippen molar-refractivity contribution >= 4 is 150 Å². The third-order valence-corrected chi connectivity index (χ3v) is 29.1. The normalized spacial score (nSPS) is 16.0. The number of hydrogen-bond donors (Lipinski definition) is 6. The van der Waals surface area contributed by atoms with Gasteiger partial charge in [-0.25, -0.2) is 59.8 Å². The number of pyridine rings is 6. The molecule has 14 aromatic rings. The van der Waals surface area contributed by atoms with E-state index < -0.39 is 0 Å². The predicted octanol–water partition coefficient (Wildman–Crippen LogP) is 26.2. The van der Waals surface area contributed by atoms with Gasteiger partial charge in [-0.2, -0.15) is 0 Å². The van der Waals surface area contributed by atoms with Gasteiger partial charge in [-0.3, -0.25) is 57.7 Å². The van der Waals surface area contributed by atoms with Crippen LogP contribution in [-0.4, -0.2) is 131 Å². The Morgan fingerprint density at radius 2 is 0.812 bits per heavy atom. The number of anilines is 7. The molecule has 22 rings (SSSR count). The van der Waals surface area contributed by atoms with Gasteiger partial charge in [0, 0.05) is 103 Å². The van der Waals surface area contributed by atoms with Crippen molar-refractivity contribution in [3.63, 3.8) is 0 Å². The lowest BCUT2D eigenvalue weighted by Crippen LogP contribution is -2.36. The summed E-state index contributed by atoms with van der Waals surface area (Å²) >= 11 is 5.98. The molecule has 12 aromatic heterocycles. The lowest BCUT2D eigenvalue weighted by atomic mass is 9.82. The molecule has 7 saturated carbocycles. The van der Waals surface area contributed by atoms with Gasteiger partial charge in [0.25, 0.3) is 0 Å². The summed E-state index contributed by atoms with van der Waals surface area (Å²) < 4.78 is 18.5. The van der Waals surface area contributed by atoms with Crippen LogP contribution in [0.1, 0.15) is 297 Å². The maximum Gasteiger partial charge on any atom is 0.231 e. The van der Waals surface area contributed by atoms with E-state index in [4.69, 9.17) is 56.2 Å². The molecule has 0 radical (unpaired) electrons. The van der Waals surface area contributed by atoms with Gasteiger partial charge in [-0.05, 0) is 283 Å². The number of halogens is 2. The first-order chi connectivity index (χ1) is 69.1. The Balaban J connectivity index is 0.000000124. The maximum absolute atomic E-state index is 12.5. The Morgan fingerprint density at radius 3 is 1.24 bits per heavy atom. The van der Waals surface area contributed by atoms with Crippen molar-refractivity contribution in [2.24, 2.45) is 23.2 Å². The predicted molar refractivity (Wildman–Crippen MR) is 585 cm³/mol. The van der Waals surface area contributed by atoms with Crippen LogP contribution in [0.2, 0.25) is 5.15 Å². The molecule has 8 fully saturated rings. The number of aryl methyl sites for hydroxylation is 7. The van der Waals surface area contributed by atoms with E-state index in [2.05, 4.69) is 159 Å². The number of nitrogens with zero attached hydrogens (tertiary/aromatic N) is 19. The number of ether oxygens (including phenoxy) is 1. The van der Waals surface area contributed by atoms with Gasteiger partial charge in [0.05, 0.1) is 19.6 Å². The molecule has 0 atom stereocenters. The number of hydrogen-bond acceptors (Lipinski definition) is 20. The van der Waals surface area contributed by atoms with Crippen molar-refractivity contribution in [3.05, 3.63) is 209 Å². The fourth-order valence-electron chi connectivity index (χ4n) is 19.3. The van der Waals surface area contributed by atoms with Gasteiger partial charge >= 0.3 is 0 Å². The number of fused-ring (bicyclic) bond motifs is 6. The summed E-state index contributed by atoms with van der Waals surface area (Å²) in [6.07, 6.45) is 34.7. The highest BCUT2D eigenvalue weighted by Gasteiger charge is 2.34. The minimum absolute atomic E-state index is 0. The van der Waals surface area contributed by atoms with Crippen LogP contribution >= 0.6 is 24.0 Å². The summed E-state index contributed by atoms with van der Waals surface area (Å²) in [5.41, 5.74) is 21.4. The van der Waals surface area contributed by atoms with Crippen LogP contribution in [0.25, 0.3) is 67.0 Å². The van der Waals surface area contributed by atoms with E-state index in [1.54, 1.807) is 6.07 Å². The van der Waals surface area contributed by atoms with Gasteiger partial charge in [0.15, 0.2) is 33.9 Å². The van der Waals surface area contributed by atoms with Crippen molar-refractivity contribution in [1.82, 2.24) is 87.2 Å². The van der Waals surface area contributed by atoms with E-state index in [0.717, 1.165) is 244 Å². The monoisotopic (exact) mass is 1990 g/mol. The topological polar surface area (TPSA) is 320 Å². The third kappa shape index (κ3) is 26.4. The summed E-state index contributed by atoms with van der Waals surface area (Å²) in [4.78, 5) is 95.7. The molecule has 6 N–H and O–H groups in total. The molecule has 2 aromatic carbocycles. The molecule has 762 valence electrons. The first kappa shape index (κ1) is 104. The summed E-state index contributed by atoms with van der Waals surface area (Å²) in [5, 5.41) is 19.8. The summed E-state index contributed by atoms with van der Waals surface area (Å²) in [6.45, 7) is 39.4. The highest BCUT2D eigenvalue weighted by Crippen LogP contribution is 2.44. The Bertz CT molecular complexity index is 6820. The largest absolute Gasteiger partial charge is 0.378 e. The van der Waals surface area contributed by atoms with Gasteiger partial charge in [-0.1, -0.05) is 172 Å². The molecule has 3 amide bonds. The van der Waals surface area contributed by atoms with Crippen molar-refractivity contribution in [1.29, 1.82) is 0 Å². The SMILES string of the molecule is C=C(CC1CCC1)Nc1nc2ccc(C)nc2n1C1CCC1.C=C(CCC(C)C)Nc1nc2ccc(C)nc2n1C1CCC1.C=C(CCC1CCC1)Nc1nc2ccc(C)nc2n1C1CCC1.CC(C)(C)CC(=O)Nc1nc2ccc(N3CCOCC3)nc2n1C1CCC1.CCCn1c(NC(=O)CCc2ccccc2)nc2ccc(Cl)nc21.Cc1cccc(CC(=O)Nc2nc3ccc(C)nc3n2C2CCC2)c1.Cl. The first-order valence-electron chi connectivity index (χ1n) is 52.6. The fraction of sp³-hybridized carbons (Fsp3) is 0.496. The number of imidazole rings is 6. The van der Waals surface area contributed by atoms with E-state index >= 15 is 0 Å². The first-order valence-corrected chi connectivity index (χ1v) is 53.0. The van der Waals surface area contributed by atoms with Crippen molar-refractivity contribution in [2.75, 3.05) is 63.1 Å². The molecule has 0 unspecified atom stereocenters. The molecule has 29 nitrogen and oxygen atoms in total. The average Bonchev–Trinajstić information content (AvgIpc) is 1.61. The lowest BCUT2D eigenvalue weighted by molar-refractivity contribution is -0.118. The second-order valence-corrected chi connectivity index (χ2v) is 42.7. The molecule has 13 heterocycles. The van der Waals surface area contributed by atoms with Crippen LogP contribution in [-0.2, 0) is 38.5 Å². The number of amides is 3. The Kier molecular flexibility index (Phi) is 34.8. The van der Waals surface area contributed by atoms with Crippen molar-refractivity contribution in [3.8, 4) is 0 Å². The zero-order valence-electron chi connectivity index (χ0n) is 86.2. The lowest BCUT2D eigenvalue weighted by Gasteiger charge is -2.30. The van der Waals surface area contributed by atoms with E-state index in [9.17, 15) is 14.4 Å². The van der Waals surface area contributed by atoms with Gasteiger partial charge in [0.2, 0.25) is 53.4 Å². The summed E-state index contributed by atoms with van der Waals surface area (Å²) in [7, 11) is 0. The summed E-state index contributed by atoms with van der Waals surface area (Å²) in [6, 6.07) is 44.2. The number of nitrogens with one attached hydrogen (secondary N) is 6. The van der Waals surface area contributed by atoms with Gasteiger partial charge in [-0.15, -0.1) is 12.4 Å². The molecule has 7 aliphatic carbocycles. The molecular formula is C113H147Cl2N25O4. The zero-order chi connectivity index (χ0) is 100.0. The standard InChI is InChI=1S/C20H29N5O2.C20H22N4O.C19H26N4.C18H19ClN4O.C18H24N4.C18H26N4.ClH/c1-20(2,3)13-17(26)23-19-21-15-7-8-16(24-9-11-27-12-10-24)22-18(15)25(19)14-5-4-6-14;1-13-5-3-6-15(11-13)12-18(25)23-20-22-17-10-9-14(2)21-19(17)24(20)16-7-4-8-16;1-13-10-12-17-18(20-13)23(16-7-4-8-16)19(22-17)21-14(2)9-11-15-5-3-6-15;1-2-12-23-17-14(9-10-15(19)21-17)20-18(23)22-16(24)11-8-13-6-4-3-5-7-13;1-12-9-10-16-17(19-12)22(15-7-4-8-15)18(21-16)20-13(2)11-14-5-3-6-14;1-12(2)8-9-14(4)20-18-21-16-11-10-13(3)19-17(16)22(18)15-6-5-7-15;/h7-8,14H,4-6,9-13H2,1-3H3,(H,21,23,26);3,5-6,9-11,16H,4,7-8,12H2,1-2H3,(H,22,23,25);10,12,15-16H,2-9,11H2,1H3,(H,21,22);3-7,9-10H,2,8,11-12H2,1H3,(H,20,22,24);9-10,14-15H,2-8,11H2,1H3,(H,20,21);10-12,15H,4-9H2,1-3H3,(H,20,21);1H. The van der Waals surface area contributed by atoms with E-state index in [1.165, 1.54) is 116 Å². The average molecular weight is 1990 g/mol. The zero-order valence-corrected chi connectivity index (χ0v) is 87.8. The van der Waals surface area contributed by atoms with Crippen LogP contribution in [0.15, 0.2) is 164 Å². The quantitative estimate of drug-likeness (QED) is 0.0220. The number of morpholine rings is 1. The van der Waals surface area contributed by atoms with Crippen LogP contribution in [0, 0.1) is 57.8 Å². The van der Waals surface area contributed by atoms with Gasteiger partial charge < -0.3 is 25.6 Å². The molecular weight excluding hydrogens is 1840 g/mol. The minimum Gasteiger partial charge on any atom is -0.378 e. The van der Waals surface area contributed by atoms with Crippen molar-refractivity contribution in [2.45, 2.75) is 312 Å². The van der Waals surface area contributed by atoms with Gasteiger partial charge in [0.1, 0.15) is 44.1 Å². The molecule has 1 aliphatic heterocycles. The number of allylic oxidation sites excluding steroid dienone is 3. The second-order valence-electron chi connectivity index (χ2n) is 42.3. The van der Waals surface area contributed by atoms with Crippen LogP contribution in [0.5, 0.6) is 0 Å². The molecule has 31 heteroatoms. The van der Waals surface area contributed by atoms with E-state index in [0.29, 0.717) is 90.5 Å². The Morgan fingerprint density at radius 1 is 0.417 bits per heavy atom. The third-order valence-electron chi connectivity index (χ3n) is 28.9. The fourth-order valence-corrected chi connectivity index (χ4v) is 19.5. The molecule has 0 spiro atoms. The molecule has 8 aliphatic rings. The summed E-state index contributed by atoms with van der Waals surface area (Å²) in [5.74, 6) is 7.85. The second kappa shape index (κ2) is 48.0. The highest BCUT2D eigenvalue weighted by molar-refractivity contribution is 6.29. The molecule has 0 bridgehead atoms. The van der Waals surface area contributed by atoms with Crippen LogP contribution < -0.4 is 36.8 Å². The van der Waals surface area contributed by atoms with Crippen LogP contribution in [0.3, 0.4) is 0 Å². The Labute approximate surface area is 858 Å². The highest BCUT2D eigenvalue weighted by atomic mass is 35.5. The van der Waals surface area contributed by atoms with E-state index in [1.807, 2.05) is 142 Å². The number of carbonyl (C=O) groups excluding carboxylic acids is 3. The van der Waals surface area contributed by atoms with Crippen molar-refractivity contribution < 1.29 is 19.1 Å². The number of carbonyl (C=O) groups is 3. The maximum atomic E-state index is 12.5. The van der Waals surface area contributed by atoms with E-state index in [-0.39, 0.29) is 35.5 Å². The molecule has 1 saturated heterocycles. The molecule has 144 heavy (non-hydrogen) atoms. The smallest absolute Gasteiger partial charge is 0.231 e. The number of aromatic nitrogens is 18. The number of rotatable bonds is 31. The minimum atomic E-state index is -0.0578. The number of benzene rings is 2. The van der Waals surface area contributed by atoms with Crippen LogP contribution in [0.4, 0.5) is 41.5 Å².